The molecule has 1 saturated carbocycles. The normalized spacial score (nSPS) is 29.8. The van der Waals surface area contributed by atoms with Gasteiger partial charge in [0.15, 0.2) is 0 Å². The van der Waals surface area contributed by atoms with Crippen molar-refractivity contribution in [1.29, 1.82) is 0 Å². The quantitative estimate of drug-likeness (QED) is 0.543. The molecule has 3 heteroatoms. The Balaban J connectivity index is 2.33. The highest BCUT2D eigenvalue weighted by atomic mass is 79.9. The maximum Gasteiger partial charge on any atom is 0.305 e. The fraction of sp³-hybridized carbons (Fsp3) is 0.889. The minimum atomic E-state index is -0.0775. The van der Waals surface area contributed by atoms with E-state index in [4.69, 9.17) is 4.74 Å². The Hall–Kier alpha value is -0.0500. The van der Waals surface area contributed by atoms with Gasteiger partial charge in [-0.25, -0.2) is 0 Å². The number of carbonyl (C=O) groups excluding carboxylic acids is 1. The molecule has 0 aromatic heterocycles. The lowest BCUT2D eigenvalue weighted by molar-refractivity contribution is -0.149. The third kappa shape index (κ3) is 2.77. The van der Waals surface area contributed by atoms with Crippen LogP contribution < -0.4 is 0 Å². The molecule has 0 amide bonds. The number of carbonyl (C=O) groups is 1. The van der Waals surface area contributed by atoms with Crippen LogP contribution in [0.3, 0.4) is 0 Å². The van der Waals surface area contributed by atoms with Gasteiger partial charge in [0.05, 0.1) is 4.83 Å². The van der Waals surface area contributed by atoms with Gasteiger partial charge in [-0.15, -0.1) is 0 Å². The van der Waals surface area contributed by atoms with E-state index in [1.165, 1.54) is 12.8 Å². The van der Waals surface area contributed by atoms with Gasteiger partial charge in [-0.1, -0.05) is 29.3 Å². The molecule has 0 aliphatic heterocycles. The summed E-state index contributed by atoms with van der Waals surface area (Å²) in [6.45, 7) is 1.83. The third-order valence-electron chi connectivity index (χ3n) is 2.19. The van der Waals surface area contributed by atoms with Crippen LogP contribution in [0, 0.1) is 0 Å². The zero-order chi connectivity index (χ0) is 8.97. The van der Waals surface area contributed by atoms with Crippen LogP contribution in [-0.2, 0) is 9.53 Å². The number of rotatable bonds is 2. The second-order valence-corrected chi connectivity index (χ2v) is 4.36. The van der Waals surface area contributed by atoms with Crippen LogP contribution in [0.5, 0.6) is 0 Å². The van der Waals surface area contributed by atoms with Crippen molar-refractivity contribution in [3.63, 3.8) is 0 Å². The van der Waals surface area contributed by atoms with Crippen molar-refractivity contribution < 1.29 is 9.53 Å². The predicted molar refractivity (Wildman–Crippen MR) is 51.4 cm³/mol. The van der Waals surface area contributed by atoms with E-state index in [-0.39, 0.29) is 12.1 Å². The van der Waals surface area contributed by atoms with Crippen molar-refractivity contribution in [1.82, 2.24) is 0 Å². The number of halogens is 1. The highest BCUT2D eigenvalue weighted by Gasteiger charge is 2.25. The minimum absolute atomic E-state index is 0.0775. The van der Waals surface area contributed by atoms with E-state index >= 15 is 0 Å². The molecule has 1 rings (SSSR count). The summed E-state index contributed by atoms with van der Waals surface area (Å²) in [4.78, 5) is 11.4. The zero-order valence-corrected chi connectivity index (χ0v) is 8.97. The number of esters is 1. The molecular formula is C9H15BrO2. The fourth-order valence-electron chi connectivity index (χ4n) is 1.44. The lowest BCUT2D eigenvalue weighted by Crippen LogP contribution is -2.30. The molecule has 0 N–H and O–H groups in total. The van der Waals surface area contributed by atoms with Gasteiger partial charge in [0, 0.05) is 6.42 Å². The maximum absolute atomic E-state index is 11.0. The molecule has 12 heavy (non-hydrogen) atoms. The second kappa shape index (κ2) is 4.85. The molecule has 1 aliphatic rings. The number of ether oxygens (including phenoxy) is 1. The first kappa shape index (κ1) is 10.0. The van der Waals surface area contributed by atoms with Crippen molar-refractivity contribution in [2.24, 2.45) is 0 Å². The van der Waals surface area contributed by atoms with Gasteiger partial charge in [0.25, 0.3) is 0 Å². The average molecular weight is 235 g/mol. The molecule has 1 fully saturated rings. The van der Waals surface area contributed by atoms with Gasteiger partial charge in [-0.2, -0.15) is 0 Å². The van der Waals surface area contributed by atoms with Crippen LogP contribution in [0.4, 0.5) is 0 Å². The molecule has 0 radical (unpaired) electrons. The van der Waals surface area contributed by atoms with E-state index in [2.05, 4.69) is 15.9 Å². The first-order valence-corrected chi connectivity index (χ1v) is 5.49. The molecule has 0 spiro atoms. The molecule has 0 heterocycles. The van der Waals surface area contributed by atoms with E-state index in [0.29, 0.717) is 11.2 Å². The summed E-state index contributed by atoms with van der Waals surface area (Å²) in [5.41, 5.74) is 0. The number of hydrogen-bond donors (Lipinski definition) is 0. The fourth-order valence-corrected chi connectivity index (χ4v) is 2.13. The Morgan fingerprint density at radius 2 is 2.17 bits per heavy atom. The van der Waals surface area contributed by atoms with Crippen molar-refractivity contribution in [2.45, 2.75) is 50.0 Å². The molecule has 0 aromatic rings. The summed E-state index contributed by atoms with van der Waals surface area (Å²) in [6, 6.07) is 0. The van der Waals surface area contributed by atoms with Gasteiger partial charge in [-0.05, 0) is 19.3 Å². The Morgan fingerprint density at radius 3 is 2.75 bits per heavy atom. The standard InChI is InChI=1S/C9H15BrO2/c1-2-9(11)12-8-6-4-3-5-7(8)10/h7-8H,2-6H2,1H3/t7-,8-/m0/s1. The third-order valence-corrected chi connectivity index (χ3v) is 3.24. The van der Waals surface area contributed by atoms with Gasteiger partial charge < -0.3 is 4.74 Å². The smallest absolute Gasteiger partial charge is 0.305 e. The van der Waals surface area contributed by atoms with Crippen molar-refractivity contribution in [3.8, 4) is 0 Å². The van der Waals surface area contributed by atoms with Gasteiger partial charge >= 0.3 is 5.97 Å². The molecule has 1 aliphatic carbocycles. The lowest BCUT2D eigenvalue weighted by atomic mass is 9.97. The monoisotopic (exact) mass is 234 g/mol. The van der Waals surface area contributed by atoms with Gasteiger partial charge in [0.2, 0.25) is 0 Å². The van der Waals surface area contributed by atoms with Crippen molar-refractivity contribution in [3.05, 3.63) is 0 Å². The van der Waals surface area contributed by atoms with Gasteiger partial charge in [-0.3, -0.25) is 4.79 Å². The Kier molecular flexibility index (Phi) is 4.06. The first-order chi connectivity index (χ1) is 5.74. The van der Waals surface area contributed by atoms with Crippen LogP contribution in [0.2, 0.25) is 0 Å². The Bertz CT molecular complexity index is 159. The average Bonchev–Trinajstić information content (AvgIpc) is 2.09. The van der Waals surface area contributed by atoms with Crippen LogP contribution in [-0.4, -0.2) is 16.9 Å². The van der Waals surface area contributed by atoms with E-state index in [0.717, 1.165) is 12.8 Å². The summed E-state index contributed by atoms with van der Waals surface area (Å²) in [6.07, 6.45) is 5.17. The van der Waals surface area contributed by atoms with Crippen molar-refractivity contribution in [2.75, 3.05) is 0 Å². The molecule has 0 aromatic carbocycles. The number of alkyl halides is 1. The summed E-state index contributed by atoms with van der Waals surface area (Å²) in [5, 5.41) is 0. The molecule has 70 valence electrons. The summed E-state index contributed by atoms with van der Waals surface area (Å²) in [7, 11) is 0. The summed E-state index contributed by atoms with van der Waals surface area (Å²) >= 11 is 3.54. The van der Waals surface area contributed by atoms with E-state index < -0.39 is 0 Å². The zero-order valence-electron chi connectivity index (χ0n) is 7.38. The maximum atomic E-state index is 11.0. The van der Waals surface area contributed by atoms with Gasteiger partial charge in [0.1, 0.15) is 6.10 Å². The summed E-state index contributed by atoms with van der Waals surface area (Å²) in [5.74, 6) is -0.0775. The topological polar surface area (TPSA) is 26.3 Å². The number of hydrogen-bond acceptors (Lipinski definition) is 2. The van der Waals surface area contributed by atoms with Crippen LogP contribution >= 0.6 is 15.9 Å². The predicted octanol–water partition coefficient (Wildman–Crippen LogP) is 2.65. The molecule has 0 unspecified atom stereocenters. The highest BCUT2D eigenvalue weighted by Crippen LogP contribution is 2.26. The van der Waals surface area contributed by atoms with Crippen LogP contribution in [0.1, 0.15) is 39.0 Å². The minimum Gasteiger partial charge on any atom is -0.461 e. The SMILES string of the molecule is CCC(=O)O[C@H]1CCCC[C@@H]1Br. The molecule has 2 nitrogen and oxygen atoms in total. The first-order valence-electron chi connectivity index (χ1n) is 4.57. The van der Waals surface area contributed by atoms with Crippen molar-refractivity contribution >= 4 is 21.9 Å². The molecule has 0 saturated heterocycles. The van der Waals surface area contributed by atoms with E-state index in [1.54, 1.807) is 0 Å². The van der Waals surface area contributed by atoms with E-state index in [9.17, 15) is 4.79 Å². The van der Waals surface area contributed by atoms with Crippen LogP contribution in [0.15, 0.2) is 0 Å². The lowest BCUT2D eigenvalue weighted by Gasteiger charge is -2.26. The highest BCUT2D eigenvalue weighted by molar-refractivity contribution is 9.09. The van der Waals surface area contributed by atoms with E-state index in [1.807, 2.05) is 6.92 Å². The second-order valence-electron chi connectivity index (χ2n) is 3.18. The molecular weight excluding hydrogens is 220 g/mol. The molecule has 0 bridgehead atoms. The Morgan fingerprint density at radius 1 is 1.50 bits per heavy atom. The summed E-state index contributed by atoms with van der Waals surface area (Å²) < 4.78 is 5.27. The Labute approximate surface area is 81.8 Å². The van der Waals surface area contributed by atoms with Crippen LogP contribution in [0.25, 0.3) is 0 Å². The largest absolute Gasteiger partial charge is 0.461 e. The molecule has 2 atom stereocenters.